The van der Waals surface area contributed by atoms with E-state index in [9.17, 15) is 19.7 Å². The minimum atomic E-state index is -0.406. The molecule has 180 valence electrons. The number of amides is 2. The molecule has 2 heterocycles. The molecule has 2 aromatic carbocycles. The Morgan fingerprint density at radius 1 is 0.941 bits per heavy atom. The number of methoxy groups -OCH3 is 1. The second kappa shape index (κ2) is 10.1. The fourth-order valence-electron chi connectivity index (χ4n) is 4.69. The lowest BCUT2D eigenvalue weighted by molar-refractivity contribution is -0.384. The summed E-state index contributed by atoms with van der Waals surface area (Å²) in [5.41, 5.74) is 1.41. The molecule has 0 aromatic heterocycles. The lowest BCUT2D eigenvalue weighted by Crippen LogP contribution is -2.50. The van der Waals surface area contributed by atoms with Gasteiger partial charge in [-0.1, -0.05) is 6.92 Å². The Morgan fingerprint density at radius 2 is 1.53 bits per heavy atom. The molecule has 1 atom stereocenters. The van der Waals surface area contributed by atoms with Gasteiger partial charge in [0.25, 0.3) is 17.5 Å². The van der Waals surface area contributed by atoms with Crippen LogP contribution in [-0.4, -0.2) is 72.9 Å². The molecule has 0 aliphatic carbocycles. The number of hydrogen-bond acceptors (Lipinski definition) is 6. The van der Waals surface area contributed by atoms with Crippen molar-refractivity contribution in [1.29, 1.82) is 0 Å². The molecule has 2 aliphatic heterocycles. The summed E-state index contributed by atoms with van der Waals surface area (Å²) >= 11 is 0. The van der Waals surface area contributed by atoms with Crippen LogP contribution in [0.1, 0.15) is 40.5 Å². The molecule has 2 saturated heterocycles. The van der Waals surface area contributed by atoms with Crippen molar-refractivity contribution in [3.8, 4) is 5.75 Å². The summed E-state index contributed by atoms with van der Waals surface area (Å²) in [6, 6.07) is 11.7. The molecule has 34 heavy (non-hydrogen) atoms. The topological polar surface area (TPSA) is 96.2 Å². The van der Waals surface area contributed by atoms with Gasteiger partial charge in [0.1, 0.15) is 11.4 Å². The largest absolute Gasteiger partial charge is 0.497 e. The van der Waals surface area contributed by atoms with Gasteiger partial charge in [0, 0.05) is 56.5 Å². The molecule has 0 spiro atoms. The molecule has 4 rings (SSSR count). The highest BCUT2D eigenvalue weighted by molar-refractivity contribution is 5.97. The Bertz CT molecular complexity index is 1060. The van der Waals surface area contributed by atoms with E-state index < -0.39 is 4.92 Å². The lowest BCUT2D eigenvalue weighted by Gasteiger charge is -2.35. The zero-order chi connectivity index (χ0) is 24.2. The number of carbonyl (C=O) groups excluding carboxylic acids is 2. The number of hydrogen-bond donors (Lipinski definition) is 0. The Hall–Kier alpha value is -3.62. The highest BCUT2D eigenvalue weighted by Gasteiger charge is 2.29. The zero-order valence-electron chi connectivity index (χ0n) is 19.6. The van der Waals surface area contributed by atoms with Gasteiger partial charge in [-0.25, -0.2) is 0 Å². The number of piperazine rings is 1. The normalized spacial score (nSPS) is 18.5. The molecule has 2 aliphatic rings. The number of nitro benzene ring substituents is 1. The third-order valence-corrected chi connectivity index (χ3v) is 6.61. The maximum absolute atomic E-state index is 13.1. The Labute approximate surface area is 199 Å². The van der Waals surface area contributed by atoms with E-state index in [1.165, 1.54) is 6.07 Å². The first-order chi connectivity index (χ1) is 16.4. The fourth-order valence-corrected chi connectivity index (χ4v) is 4.69. The summed E-state index contributed by atoms with van der Waals surface area (Å²) in [5, 5.41) is 11.8. The molecule has 1 unspecified atom stereocenters. The average Bonchev–Trinajstić information content (AvgIpc) is 2.87. The van der Waals surface area contributed by atoms with E-state index in [4.69, 9.17) is 4.74 Å². The number of ether oxygens (including phenoxy) is 1. The first kappa shape index (κ1) is 23.5. The number of benzene rings is 2. The molecule has 0 saturated carbocycles. The Morgan fingerprint density at radius 3 is 2.09 bits per heavy atom. The summed E-state index contributed by atoms with van der Waals surface area (Å²) in [5.74, 6) is 0.817. The molecule has 2 aromatic rings. The number of carbonyl (C=O) groups is 2. The molecule has 0 bridgehead atoms. The second-order valence-corrected chi connectivity index (χ2v) is 8.97. The lowest BCUT2D eigenvalue weighted by atomic mass is 9.99. The van der Waals surface area contributed by atoms with Crippen molar-refractivity contribution in [2.45, 2.75) is 19.8 Å². The van der Waals surface area contributed by atoms with Crippen LogP contribution in [0.4, 0.5) is 11.4 Å². The van der Waals surface area contributed by atoms with Crippen molar-refractivity contribution in [2.75, 3.05) is 51.3 Å². The molecular weight excluding hydrogens is 436 g/mol. The fraction of sp³-hybridized carbons (Fsp3) is 0.440. The molecule has 2 amide bonds. The molecule has 9 heteroatoms. The summed E-state index contributed by atoms with van der Waals surface area (Å²) in [4.78, 5) is 42.7. The van der Waals surface area contributed by atoms with Gasteiger partial charge >= 0.3 is 0 Å². The van der Waals surface area contributed by atoms with E-state index in [0.717, 1.165) is 25.9 Å². The summed E-state index contributed by atoms with van der Waals surface area (Å²) < 4.78 is 5.13. The van der Waals surface area contributed by atoms with E-state index in [1.54, 1.807) is 53.3 Å². The van der Waals surface area contributed by atoms with E-state index in [-0.39, 0.29) is 17.5 Å². The maximum atomic E-state index is 13.1. The van der Waals surface area contributed by atoms with Crippen molar-refractivity contribution in [3.05, 3.63) is 63.7 Å². The monoisotopic (exact) mass is 466 g/mol. The summed E-state index contributed by atoms with van der Waals surface area (Å²) in [7, 11) is 1.57. The van der Waals surface area contributed by atoms with E-state index >= 15 is 0 Å². The van der Waals surface area contributed by atoms with Crippen LogP contribution in [0.5, 0.6) is 5.75 Å². The van der Waals surface area contributed by atoms with E-state index in [0.29, 0.717) is 54.7 Å². The molecule has 0 N–H and O–H groups in total. The zero-order valence-corrected chi connectivity index (χ0v) is 19.6. The van der Waals surface area contributed by atoms with Crippen molar-refractivity contribution in [1.82, 2.24) is 9.80 Å². The van der Waals surface area contributed by atoms with Crippen LogP contribution >= 0.6 is 0 Å². The number of piperidine rings is 1. The quantitative estimate of drug-likeness (QED) is 0.495. The van der Waals surface area contributed by atoms with Gasteiger partial charge in [-0.2, -0.15) is 0 Å². The van der Waals surface area contributed by atoms with Gasteiger partial charge in [-0.3, -0.25) is 19.7 Å². The van der Waals surface area contributed by atoms with E-state index in [1.807, 2.05) is 4.90 Å². The van der Waals surface area contributed by atoms with Crippen molar-refractivity contribution in [3.63, 3.8) is 0 Å². The van der Waals surface area contributed by atoms with Gasteiger partial charge in [-0.15, -0.1) is 0 Å². The van der Waals surface area contributed by atoms with Crippen LogP contribution in [0.15, 0.2) is 42.5 Å². The van der Waals surface area contributed by atoms with Gasteiger partial charge in [0.2, 0.25) is 0 Å². The van der Waals surface area contributed by atoms with Crippen LogP contribution in [0.3, 0.4) is 0 Å². The van der Waals surface area contributed by atoms with Crippen molar-refractivity contribution in [2.24, 2.45) is 5.92 Å². The van der Waals surface area contributed by atoms with Gasteiger partial charge in [0.05, 0.1) is 12.0 Å². The minimum absolute atomic E-state index is 0.0340. The first-order valence-corrected chi connectivity index (χ1v) is 11.6. The summed E-state index contributed by atoms with van der Waals surface area (Å²) in [6.07, 6.45) is 2.12. The third-order valence-electron chi connectivity index (χ3n) is 6.61. The number of nitrogens with zero attached hydrogens (tertiary/aromatic N) is 4. The van der Waals surface area contributed by atoms with Gasteiger partial charge < -0.3 is 19.4 Å². The number of nitro groups is 1. The minimum Gasteiger partial charge on any atom is -0.497 e. The number of anilines is 1. The van der Waals surface area contributed by atoms with Gasteiger partial charge in [-0.05, 0) is 55.2 Å². The highest BCUT2D eigenvalue weighted by atomic mass is 16.6. The first-order valence-electron chi connectivity index (χ1n) is 11.6. The van der Waals surface area contributed by atoms with Crippen LogP contribution < -0.4 is 9.64 Å². The Balaban J connectivity index is 1.42. The predicted octanol–water partition coefficient (Wildman–Crippen LogP) is 3.44. The number of rotatable bonds is 5. The molecule has 9 nitrogen and oxygen atoms in total. The van der Waals surface area contributed by atoms with E-state index in [2.05, 4.69) is 6.92 Å². The summed E-state index contributed by atoms with van der Waals surface area (Å²) in [6.45, 7) is 5.26. The molecule has 0 radical (unpaired) electrons. The SMILES string of the molecule is COc1ccc(C(=O)N2CCN(C(=O)c3ccc(N4CCCC(C)C4)c([N+](=O)[O-])c3)CC2)cc1. The van der Waals surface area contributed by atoms with Crippen LogP contribution in [0.2, 0.25) is 0 Å². The highest BCUT2D eigenvalue weighted by Crippen LogP contribution is 2.33. The van der Waals surface area contributed by atoms with Crippen molar-refractivity contribution >= 4 is 23.2 Å². The second-order valence-electron chi connectivity index (χ2n) is 8.97. The maximum Gasteiger partial charge on any atom is 0.293 e. The average molecular weight is 467 g/mol. The molecular formula is C25H30N4O5. The van der Waals surface area contributed by atoms with Crippen LogP contribution in [-0.2, 0) is 0 Å². The third kappa shape index (κ3) is 4.98. The smallest absolute Gasteiger partial charge is 0.293 e. The predicted molar refractivity (Wildman–Crippen MR) is 129 cm³/mol. The molecule has 2 fully saturated rings. The Kier molecular flexibility index (Phi) is 7.00. The van der Waals surface area contributed by atoms with Crippen molar-refractivity contribution < 1.29 is 19.2 Å². The van der Waals surface area contributed by atoms with Crippen LogP contribution in [0.25, 0.3) is 0 Å². The standard InChI is InChI=1S/C25H30N4O5/c1-18-4-3-11-28(17-18)22-10-7-20(16-23(22)29(32)33)25(31)27-14-12-26(13-15-27)24(30)19-5-8-21(34-2)9-6-19/h5-10,16,18H,3-4,11-15,17H2,1-2H3. The van der Waals surface area contributed by atoms with Gasteiger partial charge in [0.15, 0.2) is 0 Å². The van der Waals surface area contributed by atoms with Crippen LogP contribution in [0, 0.1) is 16.0 Å².